The van der Waals surface area contributed by atoms with Crippen molar-refractivity contribution in [2.75, 3.05) is 0 Å². The minimum Gasteiger partial charge on any atom is -0.409 e. The second kappa shape index (κ2) is 9.41. The van der Waals surface area contributed by atoms with Crippen molar-refractivity contribution in [3.8, 4) is 0 Å². The van der Waals surface area contributed by atoms with Crippen LogP contribution in [-0.4, -0.2) is 21.2 Å². The van der Waals surface area contributed by atoms with Crippen molar-refractivity contribution in [2.45, 2.75) is 24.6 Å². The molecule has 3 N–H and O–H groups in total. The van der Waals surface area contributed by atoms with E-state index >= 15 is 0 Å². The quantitative estimate of drug-likeness (QED) is 0.141. The fraction of sp³-hybridized carbons (Fsp3) is 0.321. The summed E-state index contributed by atoms with van der Waals surface area (Å²) in [5.74, 6) is 3.46. The molecule has 0 saturated heterocycles. The number of oxime groups is 1. The third-order valence-electron chi connectivity index (χ3n) is 7.95. The average molecular weight is 523 g/mol. The molecular weight excluding hydrogens is 498 g/mol. The van der Waals surface area contributed by atoms with E-state index in [2.05, 4.69) is 27.4 Å². The van der Waals surface area contributed by atoms with E-state index in [0.717, 1.165) is 29.8 Å². The Balaban J connectivity index is 0.000000138. The summed E-state index contributed by atoms with van der Waals surface area (Å²) in [6.07, 6.45) is 5.91. The van der Waals surface area contributed by atoms with Gasteiger partial charge in [0.25, 0.3) is 0 Å². The van der Waals surface area contributed by atoms with Crippen molar-refractivity contribution in [2.24, 2.45) is 40.5 Å². The van der Waals surface area contributed by atoms with Crippen molar-refractivity contribution in [3.05, 3.63) is 95.2 Å². The molecular formula is C28H25ClF2N4O2. The summed E-state index contributed by atoms with van der Waals surface area (Å²) in [6.45, 7) is 0. The molecule has 0 aliphatic heterocycles. The van der Waals surface area contributed by atoms with E-state index in [-0.39, 0.29) is 23.4 Å². The summed E-state index contributed by atoms with van der Waals surface area (Å²) in [7, 11) is 0. The smallest absolute Gasteiger partial charge is 0.241 e. The first-order chi connectivity index (χ1) is 18.0. The maximum Gasteiger partial charge on any atom is 0.241 e. The molecule has 3 aromatic rings. The normalized spacial score (nSPS) is 29.0. The summed E-state index contributed by atoms with van der Waals surface area (Å²) in [4.78, 5) is 4.28. The highest BCUT2D eigenvalue weighted by molar-refractivity contribution is 6.16. The minimum absolute atomic E-state index is 0.149. The maximum absolute atomic E-state index is 13.8. The van der Waals surface area contributed by atoms with Gasteiger partial charge < -0.3 is 15.5 Å². The molecule has 2 aromatic carbocycles. The zero-order valence-corrected chi connectivity index (χ0v) is 20.5. The number of nitrogens with two attached hydrogens (primary N) is 1. The first-order valence-corrected chi connectivity index (χ1v) is 12.8. The van der Waals surface area contributed by atoms with Gasteiger partial charge in [0.1, 0.15) is 23.4 Å². The molecule has 6 nitrogen and oxygen atoms in total. The fourth-order valence-electron chi connectivity index (χ4n) is 6.04. The number of hydrogen-bond donors (Lipinski definition) is 2. The summed E-state index contributed by atoms with van der Waals surface area (Å²) < 4.78 is 32.4. The van der Waals surface area contributed by atoms with Crippen LogP contribution in [0.3, 0.4) is 0 Å². The van der Waals surface area contributed by atoms with Gasteiger partial charge in [-0.1, -0.05) is 58.9 Å². The van der Waals surface area contributed by atoms with E-state index < -0.39 is 0 Å². The van der Waals surface area contributed by atoms with Crippen LogP contribution in [-0.2, 0) is 5.88 Å². The van der Waals surface area contributed by atoms with Gasteiger partial charge in [0.15, 0.2) is 5.82 Å². The Kier molecular flexibility index (Phi) is 6.07. The van der Waals surface area contributed by atoms with Gasteiger partial charge in [0.05, 0.1) is 0 Å². The van der Waals surface area contributed by atoms with Crippen LogP contribution in [0.2, 0.25) is 0 Å². The number of alkyl halides is 1. The van der Waals surface area contributed by atoms with Crippen LogP contribution in [0.25, 0.3) is 11.1 Å². The lowest BCUT2D eigenvalue weighted by atomic mass is 10.0. The average Bonchev–Trinajstić information content (AvgIpc) is 3.46. The molecule has 1 aromatic heterocycles. The molecule has 6 atom stereocenters. The zero-order valence-electron chi connectivity index (χ0n) is 19.8. The van der Waals surface area contributed by atoms with Crippen LogP contribution in [0.4, 0.5) is 8.78 Å². The topological polar surface area (TPSA) is 97.5 Å². The van der Waals surface area contributed by atoms with Crippen LogP contribution in [0.1, 0.15) is 41.6 Å². The van der Waals surface area contributed by atoms with Crippen molar-refractivity contribution < 1.29 is 18.5 Å². The van der Waals surface area contributed by atoms with Crippen molar-refractivity contribution in [1.29, 1.82) is 0 Å². The van der Waals surface area contributed by atoms with Crippen molar-refractivity contribution in [3.63, 3.8) is 0 Å². The SMILES string of the molecule is Fc1ccccc1C1=C[C@H]2[C@@H](C1)[C@@H]2c1noc(CCl)n1.N/C(=N\O)[C@@H]1[C@H]2C=C(c3ccccc3F)C[C@H]21. The summed E-state index contributed by atoms with van der Waals surface area (Å²) in [6, 6.07) is 13.7. The molecule has 0 spiro atoms. The maximum atomic E-state index is 13.8. The fourth-order valence-corrected chi connectivity index (χ4v) is 6.15. The Bertz CT molecular complexity index is 1430. The second-order valence-corrected chi connectivity index (χ2v) is 10.3. The minimum atomic E-state index is -0.180. The van der Waals surface area contributed by atoms with Crippen LogP contribution in [0, 0.1) is 41.2 Å². The van der Waals surface area contributed by atoms with E-state index in [4.69, 9.17) is 27.1 Å². The Morgan fingerprint density at radius 2 is 1.57 bits per heavy atom. The molecule has 0 unspecified atom stereocenters. The number of halogens is 3. The molecule has 0 bridgehead atoms. The molecule has 190 valence electrons. The van der Waals surface area contributed by atoms with Gasteiger partial charge in [-0.05, 0) is 59.8 Å². The predicted molar refractivity (Wildman–Crippen MR) is 135 cm³/mol. The monoisotopic (exact) mass is 522 g/mol. The molecule has 4 aliphatic carbocycles. The van der Waals surface area contributed by atoms with Crippen LogP contribution >= 0.6 is 11.6 Å². The lowest BCUT2D eigenvalue weighted by Crippen LogP contribution is -2.16. The highest BCUT2D eigenvalue weighted by Crippen LogP contribution is 2.63. The summed E-state index contributed by atoms with van der Waals surface area (Å²) in [5.41, 5.74) is 9.11. The molecule has 2 fully saturated rings. The predicted octanol–water partition coefficient (Wildman–Crippen LogP) is 5.99. The van der Waals surface area contributed by atoms with E-state index in [1.807, 2.05) is 18.2 Å². The van der Waals surface area contributed by atoms with Gasteiger partial charge in [-0.15, -0.1) is 11.6 Å². The van der Waals surface area contributed by atoms with Gasteiger partial charge >= 0.3 is 0 Å². The molecule has 2 saturated carbocycles. The zero-order chi connectivity index (χ0) is 25.7. The number of benzene rings is 2. The number of fused-ring (bicyclic) bond motifs is 2. The molecule has 9 heteroatoms. The second-order valence-electron chi connectivity index (χ2n) is 9.99. The number of nitrogens with zero attached hydrogens (tertiary/aromatic N) is 3. The van der Waals surface area contributed by atoms with E-state index in [1.165, 1.54) is 12.1 Å². The number of hydrogen-bond acceptors (Lipinski definition) is 5. The van der Waals surface area contributed by atoms with Crippen molar-refractivity contribution >= 4 is 28.6 Å². The number of aromatic nitrogens is 2. The first kappa shape index (κ1) is 23.9. The van der Waals surface area contributed by atoms with Gasteiger partial charge in [-0.25, -0.2) is 8.78 Å². The lowest BCUT2D eigenvalue weighted by molar-refractivity contribution is 0.316. The van der Waals surface area contributed by atoms with Crippen LogP contribution < -0.4 is 5.73 Å². The molecule has 4 aliphatic rings. The van der Waals surface area contributed by atoms with Gasteiger partial charge in [0, 0.05) is 23.0 Å². The Morgan fingerprint density at radius 3 is 2.03 bits per heavy atom. The highest BCUT2D eigenvalue weighted by Gasteiger charge is 2.56. The molecule has 7 rings (SSSR count). The molecule has 0 radical (unpaired) electrons. The molecule has 0 amide bonds. The van der Waals surface area contributed by atoms with Crippen molar-refractivity contribution in [1.82, 2.24) is 10.1 Å². The Morgan fingerprint density at radius 1 is 0.973 bits per heavy atom. The van der Waals surface area contributed by atoms with E-state index in [1.54, 1.807) is 18.2 Å². The molecule has 37 heavy (non-hydrogen) atoms. The molecule has 1 heterocycles. The summed E-state index contributed by atoms with van der Waals surface area (Å²) >= 11 is 5.66. The standard InChI is InChI=1S/C15H12ClFN2O.C13H13FN2O/c16-7-13-18-15(19-20-13)14-10-5-8(6-11(10)14)9-3-1-2-4-12(9)17;14-11-4-2-1-3-8(11)7-5-9-10(6-7)12(9)13(15)16-17/h1-5,10-11,14H,6-7H2;1-5,9-10,12,17H,6H2,(H2,15,16)/t10-,11+,14+;9-,10+,12+/m00/s1. The Hall–Kier alpha value is -3.52. The van der Waals surface area contributed by atoms with Crippen LogP contribution in [0.15, 0.2) is 70.4 Å². The summed E-state index contributed by atoms with van der Waals surface area (Å²) in [5, 5.41) is 15.6. The van der Waals surface area contributed by atoms with Gasteiger partial charge in [-0.3, -0.25) is 0 Å². The number of amidine groups is 1. The third kappa shape index (κ3) is 4.33. The number of rotatable bonds is 5. The third-order valence-corrected chi connectivity index (χ3v) is 8.18. The van der Waals surface area contributed by atoms with Gasteiger partial charge in [0.2, 0.25) is 5.89 Å². The first-order valence-electron chi connectivity index (χ1n) is 12.3. The largest absolute Gasteiger partial charge is 0.409 e. The van der Waals surface area contributed by atoms with E-state index in [9.17, 15) is 8.78 Å². The van der Waals surface area contributed by atoms with Gasteiger partial charge in [-0.2, -0.15) is 4.98 Å². The van der Waals surface area contributed by atoms with E-state index in [0.29, 0.717) is 52.4 Å². The van der Waals surface area contributed by atoms with Crippen LogP contribution in [0.5, 0.6) is 0 Å². The highest BCUT2D eigenvalue weighted by atomic mass is 35.5. The lowest BCUT2D eigenvalue weighted by Gasteiger charge is -2.07. The Labute approximate surface area is 217 Å². The number of allylic oxidation sites excluding steroid dienone is 4.